The lowest BCUT2D eigenvalue weighted by molar-refractivity contribution is -0.137. The molecule has 0 radical (unpaired) electrons. The summed E-state index contributed by atoms with van der Waals surface area (Å²) in [6.45, 7) is 2.31. The summed E-state index contributed by atoms with van der Waals surface area (Å²) in [6.07, 6.45) is 3.93. The molecule has 1 aliphatic rings. The van der Waals surface area contributed by atoms with Crippen LogP contribution in [0.2, 0.25) is 0 Å². The van der Waals surface area contributed by atoms with E-state index in [0.717, 1.165) is 28.7 Å². The van der Waals surface area contributed by atoms with Crippen molar-refractivity contribution in [3.63, 3.8) is 0 Å². The van der Waals surface area contributed by atoms with Crippen molar-refractivity contribution in [1.29, 1.82) is 0 Å². The number of rotatable bonds is 6. The largest absolute Gasteiger partial charge is 0.453 e. The Balaban J connectivity index is 1.80. The van der Waals surface area contributed by atoms with Crippen molar-refractivity contribution >= 4 is 27.9 Å². The Hall–Kier alpha value is -2.46. The van der Waals surface area contributed by atoms with Crippen molar-refractivity contribution < 1.29 is 19.1 Å². The van der Waals surface area contributed by atoms with Crippen LogP contribution in [-0.2, 0) is 14.3 Å². The number of ether oxygens (including phenoxy) is 2. The van der Waals surface area contributed by atoms with E-state index < -0.39 is 18.2 Å². The van der Waals surface area contributed by atoms with Gasteiger partial charge in [-0.1, -0.05) is 0 Å². The maximum atomic E-state index is 13.2. The number of alkyl carbamates (subject to hydrolysis) is 1. The van der Waals surface area contributed by atoms with Crippen molar-refractivity contribution in [2.45, 2.75) is 38.0 Å². The van der Waals surface area contributed by atoms with Crippen LogP contribution in [0, 0.1) is 0 Å². The number of aromatic amines is 1. The molecule has 2 aromatic heterocycles. The minimum Gasteiger partial charge on any atom is -0.453 e. The van der Waals surface area contributed by atoms with Crippen LogP contribution >= 0.6 is 15.9 Å². The maximum Gasteiger partial charge on any atom is 0.407 e. The summed E-state index contributed by atoms with van der Waals surface area (Å²) in [5.41, 5.74) is 1.73. The lowest BCUT2D eigenvalue weighted by Gasteiger charge is -2.30. The second-order valence-corrected chi connectivity index (χ2v) is 7.61. The van der Waals surface area contributed by atoms with Crippen molar-refractivity contribution in [3.05, 3.63) is 35.0 Å². The molecule has 3 heterocycles. The SMILES string of the molecule is COC(=O)N[C@H](C(=O)N1CCC[C@H]1c1ncc(-c2ccc(Br)nc2)[nH]1)[C@@H](C)OC. The van der Waals surface area contributed by atoms with E-state index in [1.54, 1.807) is 24.2 Å². The van der Waals surface area contributed by atoms with E-state index in [2.05, 4.69) is 40.9 Å². The highest BCUT2D eigenvalue weighted by molar-refractivity contribution is 9.10. The molecule has 1 aliphatic heterocycles. The zero-order valence-electron chi connectivity index (χ0n) is 16.5. The zero-order chi connectivity index (χ0) is 21.0. The Labute approximate surface area is 177 Å². The molecule has 3 rings (SSSR count). The van der Waals surface area contributed by atoms with Crippen LogP contribution in [0.5, 0.6) is 0 Å². The minimum absolute atomic E-state index is 0.203. The molecule has 0 bridgehead atoms. The van der Waals surface area contributed by atoms with Gasteiger partial charge < -0.3 is 24.7 Å². The number of nitrogens with one attached hydrogen (secondary N) is 2. The summed E-state index contributed by atoms with van der Waals surface area (Å²) < 4.78 is 10.7. The third kappa shape index (κ3) is 4.76. The Kier molecular flexibility index (Phi) is 6.86. The van der Waals surface area contributed by atoms with Crippen molar-refractivity contribution in [3.8, 4) is 11.3 Å². The first-order valence-corrected chi connectivity index (χ1v) is 10.1. The van der Waals surface area contributed by atoms with Crippen molar-refractivity contribution in [2.75, 3.05) is 20.8 Å². The first-order chi connectivity index (χ1) is 13.9. The standard InChI is InChI=1S/C19H24BrN5O4/c1-11(28-2)16(24-19(27)29-3)18(26)25-8-4-5-14(25)17-22-10-13(23-17)12-6-7-15(20)21-9-12/h6-7,9-11,14,16H,4-5,8H2,1-3H3,(H,22,23)(H,24,27)/t11-,14+,16+/m1/s1. The van der Waals surface area contributed by atoms with Gasteiger partial charge in [0.15, 0.2) is 0 Å². The van der Waals surface area contributed by atoms with Gasteiger partial charge in [0.25, 0.3) is 0 Å². The molecule has 156 valence electrons. The van der Waals surface area contributed by atoms with Crippen molar-refractivity contribution in [1.82, 2.24) is 25.2 Å². The summed E-state index contributed by atoms with van der Waals surface area (Å²) in [5, 5.41) is 2.58. The molecule has 0 saturated carbocycles. The van der Waals surface area contributed by atoms with E-state index in [4.69, 9.17) is 4.74 Å². The van der Waals surface area contributed by atoms with Gasteiger partial charge in [0.1, 0.15) is 16.5 Å². The summed E-state index contributed by atoms with van der Waals surface area (Å²) in [4.78, 5) is 38.7. The van der Waals surface area contributed by atoms with Gasteiger partial charge in [0.05, 0.1) is 31.1 Å². The lowest BCUT2D eigenvalue weighted by Crippen LogP contribution is -2.54. The quantitative estimate of drug-likeness (QED) is 0.634. The molecule has 0 spiro atoms. The fourth-order valence-corrected chi connectivity index (χ4v) is 3.62. The van der Waals surface area contributed by atoms with Crippen LogP contribution in [0.4, 0.5) is 4.79 Å². The number of methoxy groups -OCH3 is 2. The zero-order valence-corrected chi connectivity index (χ0v) is 18.1. The smallest absolute Gasteiger partial charge is 0.407 e. The van der Waals surface area contributed by atoms with Crippen LogP contribution in [0.3, 0.4) is 0 Å². The number of carbonyl (C=O) groups is 2. The van der Waals surface area contributed by atoms with Crippen LogP contribution in [0.25, 0.3) is 11.3 Å². The van der Waals surface area contributed by atoms with Gasteiger partial charge >= 0.3 is 6.09 Å². The Morgan fingerprint density at radius 1 is 1.31 bits per heavy atom. The highest BCUT2D eigenvalue weighted by atomic mass is 79.9. The Morgan fingerprint density at radius 2 is 2.10 bits per heavy atom. The lowest BCUT2D eigenvalue weighted by atomic mass is 10.1. The predicted octanol–water partition coefficient (Wildman–Crippen LogP) is 2.66. The van der Waals surface area contributed by atoms with Crippen LogP contribution in [-0.4, -0.2) is 64.8 Å². The third-order valence-electron chi connectivity index (χ3n) is 5.05. The van der Waals surface area contributed by atoms with Gasteiger partial charge in [-0.25, -0.2) is 14.8 Å². The van der Waals surface area contributed by atoms with Gasteiger partial charge in [0.2, 0.25) is 5.91 Å². The molecule has 2 aromatic rings. The number of amides is 2. The molecule has 9 nitrogen and oxygen atoms in total. The van der Waals surface area contributed by atoms with E-state index in [9.17, 15) is 9.59 Å². The molecule has 0 unspecified atom stereocenters. The van der Waals surface area contributed by atoms with E-state index >= 15 is 0 Å². The number of nitrogens with zero attached hydrogens (tertiary/aromatic N) is 3. The van der Waals surface area contributed by atoms with Crippen LogP contribution < -0.4 is 5.32 Å². The topological polar surface area (TPSA) is 109 Å². The van der Waals surface area contributed by atoms with Crippen molar-refractivity contribution in [2.24, 2.45) is 0 Å². The van der Waals surface area contributed by atoms with Gasteiger partial charge in [-0.05, 0) is 47.8 Å². The molecule has 0 aromatic carbocycles. The number of imidazole rings is 1. The van der Waals surface area contributed by atoms with Gasteiger partial charge in [-0.15, -0.1) is 0 Å². The van der Waals surface area contributed by atoms with Gasteiger partial charge in [-0.2, -0.15) is 0 Å². The number of pyridine rings is 1. The molecule has 1 fully saturated rings. The number of hydrogen-bond donors (Lipinski definition) is 2. The van der Waals surface area contributed by atoms with E-state index in [1.807, 2.05) is 12.1 Å². The Morgan fingerprint density at radius 3 is 2.76 bits per heavy atom. The molecule has 29 heavy (non-hydrogen) atoms. The number of hydrogen-bond acceptors (Lipinski definition) is 6. The molecule has 0 aliphatic carbocycles. The average Bonchev–Trinajstić information content (AvgIpc) is 3.40. The molecule has 2 amide bonds. The third-order valence-corrected chi connectivity index (χ3v) is 5.52. The van der Waals surface area contributed by atoms with Gasteiger partial charge in [-0.3, -0.25) is 4.79 Å². The fourth-order valence-electron chi connectivity index (χ4n) is 3.38. The molecule has 1 saturated heterocycles. The fraction of sp³-hybridized carbons (Fsp3) is 0.474. The van der Waals surface area contributed by atoms with E-state index in [-0.39, 0.29) is 11.9 Å². The highest BCUT2D eigenvalue weighted by Crippen LogP contribution is 2.32. The Bertz CT molecular complexity index is 857. The average molecular weight is 466 g/mol. The minimum atomic E-state index is -0.849. The summed E-state index contributed by atoms with van der Waals surface area (Å²) >= 11 is 3.32. The summed E-state index contributed by atoms with van der Waals surface area (Å²) in [5.74, 6) is 0.478. The molecular formula is C19H24BrN5O4. The number of aromatic nitrogens is 3. The predicted molar refractivity (Wildman–Crippen MR) is 109 cm³/mol. The monoisotopic (exact) mass is 465 g/mol. The van der Waals surface area contributed by atoms with E-state index in [0.29, 0.717) is 12.4 Å². The molecular weight excluding hydrogens is 442 g/mol. The van der Waals surface area contributed by atoms with Gasteiger partial charge in [0, 0.05) is 25.4 Å². The number of halogens is 1. The maximum absolute atomic E-state index is 13.2. The highest BCUT2D eigenvalue weighted by Gasteiger charge is 2.38. The summed E-state index contributed by atoms with van der Waals surface area (Å²) in [7, 11) is 2.75. The first-order valence-electron chi connectivity index (χ1n) is 9.29. The molecule has 3 atom stereocenters. The van der Waals surface area contributed by atoms with E-state index in [1.165, 1.54) is 14.2 Å². The number of likely N-dealkylation sites (tertiary alicyclic amines) is 1. The van der Waals surface area contributed by atoms with Crippen LogP contribution in [0.1, 0.15) is 31.6 Å². The normalized spacial score (nSPS) is 18.3. The summed E-state index contributed by atoms with van der Waals surface area (Å²) in [6, 6.07) is 2.74. The molecule has 10 heteroatoms. The first kappa shape index (κ1) is 21.3. The number of carbonyl (C=O) groups excluding carboxylic acids is 2. The second-order valence-electron chi connectivity index (χ2n) is 6.80. The number of H-pyrrole nitrogens is 1. The second kappa shape index (κ2) is 9.36. The van der Waals surface area contributed by atoms with Crippen LogP contribution in [0.15, 0.2) is 29.1 Å². The molecule has 2 N–H and O–H groups in total.